The number of anilines is 1. The van der Waals surface area contributed by atoms with Gasteiger partial charge in [-0.15, -0.1) is 0 Å². The van der Waals surface area contributed by atoms with E-state index in [4.69, 9.17) is 15.7 Å². The molecule has 120 valence electrons. The highest BCUT2D eigenvalue weighted by Crippen LogP contribution is 2.26. The highest BCUT2D eigenvalue weighted by molar-refractivity contribution is 6.06. The summed E-state index contributed by atoms with van der Waals surface area (Å²) >= 11 is 0. The maximum atomic E-state index is 12.3. The molecule has 0 heterocycles. The molecule has 0 atom stereocenters. The Hall–Kier alpha value is -2.90. The van der Waals surface area contributed by atoms with Gasteiger partial charge in [0, 0.05) is 17.7 Å². The van der Waals surface area contributed by atoms with E-state index in [1.54, 1.807) is 24.3 Å². The number of nitrogens with one attached hydrogen (secondary N) is 2. The first-order valence-corrected chi connectivity index (χ1v) is 6.82. The fraction of sp³-hybridized carbons (Fsp3) is 0.125. The zero-order valence-electron chi connectivity index (χ0n) is 12.5. The molecule has 0 aliphatic rings. The first-order chi connectivity index (χ1) is 11.1. The van der Waals surface area contributed by atoms with Crippen LogP contribution in [0.2, 0.25) is 0 Å². The Balaban J connectivity index is 2.26. The third kappa shape index (κ3) is 3.85. The van der Waals surface area contributed by atoms with E-state index in [1.807, 2.05) is 0 Å². The van der Waals surface area contributed by atoms with E-state index >= 15 is 0 Å². The average molecular weight is 315 g/mol. The number of carbonyl (C=O) groups is 2. The number of methoxy groups -OCH3 is 1. The van der Waals surface area contributed by atoms with Crippen molar-refractivity contribution in [2.75, 3.05) is 12.4 Å². The van der Waals surface area contributed by atoms with Crippen molar-refractivity contribution in [3.8, 4) is 5.75 Å². The number of hydroxylamine groups is 1. The van der Waals surface area contributed by atoms with E-state index in [2.05, 4.69) is 5.32 Å². The zero-order valence-corrected chi connectivity index (χ0v) is 12.5. The van der Waals surface area contributed by atoms with E-state index in [0.717, 1.165) is 5.56 Å². The lowest BCUT2D eigenvalue weighted by atomic mass is 10.1. The SMILES string of the molecule is COc1ccc(C(=O)NO)cc1NC(=O)c1ccc(CN)cc1. The van der Waals surface area contributed by atoms with Crippen molar-refractivity contribution in [3.05, 3.63) is 59.2 Å². The third-order valence-electron chi connectivity index (χ3n) is 3.26. The van der Waals surface area contributed by atoms with Gasteiger partial charge in [-0.05, 0) is 35.9 Å². The molecule has 0 aliphatic heterocycles. The molecule has 0 aliphatic carbocycles. The van der Waals surface area contributed by atoms with Crippen LogP contribution in [-0.2, 0) is 6.54 Å². The number of rotatable bonds is 5. The Morgan fingerprint density at radius 3 is 2.30 bits per heavy atom. The highest BCUT2D eigenvalue weighted by Gasteiger charge is 2.13. The first kappa shape index (κ1) is 16.5. The predicted octanol–water partition coefficient (Wildman–Crippen LogP) is 1.53. The highest BCUT2D eigenvalue weighted by atomic mass is 16.5. The minimum absolute atomic E-state index is 0.182. The maximum absolute atomic E-state index is 12.3. The molecule has 0 saturated carbocycles. The lowest BCUT2D eigenvalue weighted by Crippen LogP contribution is -2.19. The molecule has 0 aromatic heterocycles. The monoisotopic (exact) mass is 315 g/mol. The molecule has 2 amide bonds. The third-order valence-corrected chi connectivity index (χ3v) is 3.26. The topological polar surface area (TPSA) is 114 Å². The quantitative estimate of drug-likeness (QED) is 0.493. The number of carbonyl (C=O) groups excluding carboxylic acids is 2. The number of ether oxygens (including phenoxy) is 1. The van der Waals surface area contributed by atoms with Crippen LogP contribution < -0.4 is 21.3 Å². The summed E-state index contributed by atoms with van der Waals surface area (Å²) in [5.74, 6) is -0.643. The summed E-state index contributed by atoms with van der Waals surface area (Å²) in [5, 5.41) is 11.4. The summed E-state index contributed by atoms with van der Waals surface area (Å²) in [4.78, 5) is 23.7. The summed E-state index contributed by atoms with van der Waals surface area (Å²) in [6, 6.07) is 11.3. The second-order valence-corrected chi connectivity index (χ2v) is 4.71. The molecule has 5 N–H and O–H groups in total. The van der Waals surface area contributed by atoms with Crippen molar-refractivity contribution >= 4 is 17.5 Å². The second kappa shape index (κ2) is 7.39. The Labute approximate surface area is 133 Å². The van der Waals surface area contributed by atoms with Gasteiger partial charge in [0.2, 0.25) is 0 Å². The number of hydrogen-bond donors (Lipinski definition) is 4. The molecule has 2 rings (SSSR count). The number of nitrogens with two attached hydrogens (primary N) is 1. The Morgan fingerprint density at radius 1 is 1.09 bits per heavy atom. The van der Waals surface area contributed by atoms with Crippen molar-refractivity contribution in [2.45, 2.75) is 6.54 Å². The van der Waals surface area contributed by atoms with Crippen molar-refractivity contribution < 1.29 is 19.5 Å². The van der Waals surface area contributed by atoms with Crippen LogP contribution in [0, 0.1) is 0 Å². The number of amides is 2. The predicted molar refractivity (Wildman–Crippen MR) is 84.5 cm³/mol. The summed E-state index contributed by atoms with van der Waals surface area (Å²) in [7, 11) is 1.45. The minimum Gasteiger partial charge on any atom is -0.495 e. The second-order valence-electron chi connectivity index (χ2n) is 4.71. The van der Waals surface area contributed by atoms with Gasteiger partial charge in [-0.3, -0.25) is 14.8 Å². The van der Waals surface area contributed by atoms with Crippen molar-refractivity contribution in [1.82, 2.24) is 5.48 Å². The molecule has 0 spiro atoms. The van der Waals surface area contributed by atoms with E-state index in [-0.39, 0.29) is 11.5 Å². The fourth-order valence-electron chi connectivity index (χ4n) is 2.00. The van der Waals surface area contributed by atoms with Gasteiger partial charge in [0.05, 0.1) is 12.8 Å². The van der Waals surface area contributed by atoms with Gasteiger partial charge >= 0.3 is 0 Å². The minimum atomic E-state index is -0.685. The van der Waals surface area contributed by atoms with Gasteiger partial charge in [-0.2, -0.15) is 0 Å². The lowest BCUT2D eigenvalue weighted by molar-refractivity contribution is 0.0706. The van der Waals surface area contributed by atoms with Crippen LogP contribution in [0.25, 0.3) is 0 Å². The molecule has 7 heteroatoms. The molecule has 0 radical (unpaired) electrons. The van der Waals surface area contributed by atoms with Crippen LogP contribution in [-0.4, -0.2) is 24.1 Å². The molecule has 0 unspecified atom stereocenters. The van der Waals surface area contributed by atoms with Crippen LogP contribution in [0.5, 0.6) is 5.75 Å². The van der Waals surface area contributed by atoms with Crippen molar-refractivity contribution in [3.63, 3.8) is 0 Å². The Kier molecular flexibility index (Phi) is 5.29. The van der Waals surface area contributed by atoms with Gasteiger partial charge < -0.3 is 15.8 Å². The summed E-state index contributed by atoms with van der Waals surface area (Å²) in [5.41, 5.74) is 8.93. The van der Waals surface area contributed by atoms with E-state index in [9.17, 15) is 9.59 Å². The van der Waals surface area contributed by atoms with Gasteiger partial charge in [-0.25, -0.2) is 5.48 Å². The van der Waals surface area contributed by atoms with Crippen LogP contribution in [0.4, 0.5) is 5.69 Å². The molecule has 0 fully saturated rings. The Morgan fingerprint density at radius 2 is 1.74 bits per heavy atom. The normalized spacial score (nSPS) is 10.0. The van der Waals surface area contributed by atoms with Gasteiger partial charge in [0.15, 0.2) is 0 Å². The molecule has 0 bridgehead atoms. The lowest BCUT2D eigenvalue weighted by Gasteiger charge is -2.12. The van der Waals surface area contributed by atoms with Gasteiger partial charge in [0.1, 0.15) is 5.75 Å². The van der Waals surface area contributed by atoms with E-state index < -0.39 is 5.91 Å². The summed E-state index contributed by atoms with van der Waals surface area (Å²) < 4.78 is 5.16. The molecule has 0 saturated heterocycles. The molecular weight excluding hydrogens is 298 g/mol. The fourth-order valence-corrected chi connectivity index (χ4v) is 2.00. The van der Waals surface area contributed by atoms with Crippen LogP contribution in [0.3, 0.4) is 0 Å². The molecular formula is C16H17N3O4. The number of benzene rings is 2. The van der Waals surface area contributed by atoms with E-state index in [1.165, 1.54) is 30.8 Å². The average Bonchev–Trinajstić information content (AvgIpc) is 2.60. The van der Waals surface area contributed by atoms with E-state index in [0.29, 0.717) is 23.5 Å². The van der Waals surface area contributed by atoms with Crippen LogP contribution >= 0.6 is 0 Å². The van der Waals surface area contributed by atoms with Crippen molar-refractivity contribution in [1.29, 1.82) is 0 Å². The standard InChI is InChI=1S/C16H17N3O4/c1-23-14-7-6-12(16(21)19-22)8-13(14)18-15(20)11-4-2-10(9-17)3-5-11/h2-8,22H,9,17H2,1H3,(H,18,20)(H,19,21). The van der Waals surface area contributed by atoms with Gasteiger partial charge in [-0.1, -0.05) is 12.1 Å². The summed E-state index contributed by atoms with van der Waals surface area (Å²) in [6.45, 7) is 0.397. The molecule has 2 aromatic carbocycles. The smallest absolute Gasteiger partial charge is 0.274 e. The molecule has 2 aromatic rings. The first-order valence-electron chi connectivity index (χ1n) is 6.82. The molecule has 23 heavy (non-hydrogen) atoms. The van der Waals surface area contributed by atoms with Gasteiger partial charge in [0.25, 0.3) is 11.8 Å². The van der Waals surface area contributed by atoms with Crippen LogP contribution in [0.1, 0.15) is 26.3 Å². The van der Waals surface area contributed by atoms with Crippen molar-refractivity contribution in [2.24, 2.45) is 5.73 Å². The maximum Gasteiger partial charge on any atom is 0.274 e. The van der Waals surface area contributed by atoms with Crippen LogP contribution in [0.15, 0.2) is 42.5 Å². The molecule has 7 nitrogen and oxygen atoms in total. The summed E-state index contributed by atoms with van der Waals surface area (Å²) in [6.07, 6.45) is 0. The zero-order chi connectivity index (χ0) is 16.8. The Bertz CT molecular complexity index is 714. The largest absolute Gasteiger partial charge is 0.495 e. The number of hydrogen-bond acceptors (Lipinski definition) is 5.